The summed E-state index contributed by atoms with van der Waals surface area (Å²) in [7, 11) is 3.33. The van der Waals surface area contributed by atoms with Gasteiger partial charge in [0.1, 0.15) is 28.7 Å². The van der Waals surface area contributed by atoms with Crippen LogP contribution in [0, 0.1) is 17.8 Å². The van der Waals surface area contributed by atoms with Crippen LogP contribution in [0.1, 0.15) is 30.5 Å². The minimum absolute atomic E-state index is 0.321. The van der Waals surface area contributed by atoms with Crippen molar-refractivity contribution in [2.24, 2.45) is 10.8 Å². The Morgan fingerprint density at radius 3 is 2.61 bits per heavy atom. The average Bonchev–Trinajstić information content (AvgIpc) is 3.33. The molecule has 0 aliphatic heterocycles. The van der Waals surface area contributed by atoms with Crippen LogP contribution in [-0.2, 0) is 6.54 Å². The second kappa shape index (κ2) is 9.87. The molecule has 8 rings (SSSR count). The van der Waals surface area contributed by atoms with E-state index in [9.17, 15) is 0 Å². The van der Waals surface area contributed by atoms with Crippen LogP contribution in [0.15, 0.2) is 73.2 Å². The molecular weight excluding hydrogens is 514 g/mol. The Bertz CT molecular complexity index is 1730. The van der Waals surface area contributed by atoms with Crippen molar-refractivity contribution in [1.29, 1.82) is 0 Å². The topological polar surface area (TPSA) is 81.9 Å². The maximum Gasteiger partial charge on any atom is 0.140 e. The van der Waals surface area contributed by atoms with E-state index >= 15 is 0 Å². The van der Waals surface area contributed by atoms with E-state index < -0.39 is 0 Å². The summed E-state index contributed by atoms with van der Waals surface area (Å²) < 4.78 is 19.2. The Morgan fingerprint density at radius 2 is 1.78 bits per heavy atom. The van der Waals surface area contributed by atoms with Crippen molar-refractivity contribution < 1.29 is 14.2 Å². The molecule has 8 nitrogen and oxygen atoms in total. The smallest absolute Gasteiger partial charge is 0.140 e. The Morgan fingerprint density at radius 1 is 0.902 bits per heavy atom. The number of imidazole rings is 1. The lowest BCUT2D eigenvalue weighted by molar-refractivity contribution is -0.209. The lowest BCUT2D eigenvalue weighted by atomic mass is 9.35. The van der Waals surface area contributed by atoms with E-state index in [-0.39, 0.29) is 0 Å². The number of aromatic nitrogens is 3. The van der Waals surface area contributed by atoms with Crippen molar-refractivity contribution in [2.45, 2.75) is 32.7 Å². The van der Waals surface area contributed by atoms with Gasteiger partial charge in [0.25, 0.3) is 0 Å². The number of aryl methyl sites for hydroxylation is 1. The van der Waals surface area contributed by atoms with Gasteiger partial charge in [-0.3, -0.25) is 0 Å². The second-order valence-electron chi connectivity index (χ2n) is 11.8. The van der Waals surface area contributed by atoms with E-state index in [0.29, 0.717) is 17.4 Å². The minimum atomic E-state index is 0.321. The largest absolute Gasteiger partial charge is 0.497 e. The fourth-order valence-electron chi connectivity index (χ4n) is 6.95. The number of hydrogen-bond donors (Lipinski definition) is 2. The van der Waals surface area contributed by atoms with Gasteiger partial charge in [0.05, 0.1) is 26.5 Å². The highest BCUT2D eigenvalue weighted by Crippen LogP contribution is 2.73. The van der Waals surface area contributed by atoms with Gasteiger partial charge in [-0.2, -0.15) is 0 Å². The van der Waals surface area contributed by atoms with Crippen LogP contribution in [0.5, 0.6) is 17.2 Å². The standard InChI is InChI=1S/C33H35N5O3/c1-22-16-38-12-10-25(14-30(38)37-22)41-21-33-17-32(18-33,19-33)20-36-28-6-4-5-27-26(28)9-11-34-31(27)35-15-23-7-8-24(39-2)13-29(23)40-3/h4-14,16,36H,15,17-21H2,1-3H3,(H,34,35). The highest BCUT2D eigenvalue weighted by molar-refractivity contribution is 5.99. The number of fused-ring (bicyclic) bond motifs is 2. The molecule has 2 bridgehead atoms. The van der Waals surface area contributed by atoms with E-state index in [1.165, 1.54) is 24.6 Å². The minimum Gasteiger partial charge on any atom is -0.497 e. The Labute approximate surface area is 239 Å². The number of pyridine rings is 2. The van der Waals surface area contributed by atoms with Crippen LogP contribution in [0.2, 0.25) is 0 Å². The van der Waals surface area contributed by atoms with E-state index in [4.69, 9.17) is 14.2 Å². The zero-order valence-electron chi connectivity index (χ0n) is 23.7. The van der Waals surface area contributed by atoms with Crippen LogP contribution < -0.4 is 24.8 Å². The number of anilines is 2. The van der Waals surface area contributed by atoms with Gasteiger partial charge in [-0.25, -0.2) is 9.97 Å². The summed E-state index contributed by atoms with van der Waals surface area (Å²) in [6, 6.07) is 18.4. The van der Waals surface area contributed by atoms with Gasteiger partial charge in [0, 0.05) is 71.3 Å². The van der Waals surface area contributed by atoms with E-state index in [0.717, 1.165) is 64.2 Å². The predicted octanol–water partition coefficient (Wildman–Crippen LogP) is 6.48. The van der Waals surface area contributed by atoms with Crippen molar-refractivity contribution >= 4 is 27.9 Å². The van der Waals surface area contributed by atoms with Crippen molar-refractivity contribution in [1.82, 2.24) is 14.4 Å². The first-order chi connectivity index (χ1) is 20.0. The summed E-state index contributed by atoms with van der Waals surface area (Å²) in [6.07, 6.45) is 9.55. The molecule has 3 aromatic heterocycles. The highest BCUT2D eigenvalue weighted by atomic mass is 16.5. The van der Waals surface area contributed by atoms with E-state index in [1.807, 2.05) is 60.2 Å². The Balaban J connectivity index is 0.970. The molecule has 3 heterocycles. The number of nitrogens with one attached hydrogen (secondary N) is 2. The molecule has 2 N–H and O–H groups in total. The number of benzene rings is 2. The van der Waals surface area contributed by atoms with Crippen LogP contribution in [0.25, 0.3) is 16.4 Å². The average molecular weight is 550 g/mol. The maximum absolute atomic E-state index is 6.23. The molecule has 3 aliphatic carbocycles. The molecule has 0 unspecified atom stereocenters. The van der Waals surface area contributed by atoms with E-state index in [2.05, 4.69) is 44.9 Å². The number of methoxy groups -OCH3 is 2. The van der Waals surface area contributed by atoms with Gasteiger partial charge in [-0.15, -0.1) is 0 Å². The third-order valence-corrected chi connectivity index (χ3v) is 8.75. The maximum atomic E-state index is 6.23. The quantitative estimate of drug-likeness (QED) is 0.195. The molecule has 0 amide bonds. The van der Waals surface area contributed by atoms with Gasteiger partial charge in [0.15, 0.2) is 0 Å². The van der Waals surface area contributed by atoms with Crippen molar-refractivity contribution in [3.05, 3.63) is 84.4 Å². The summed E-state index contributed by atoms with van der Waals surface area (Å²) in [5, 5.41) is 9.54. The highest BCUT2D eigenvalue weighted by Gasteiger charge is 2.67. The van der Waals surface area contributed by atoms with Gasteiger partial charge in [-0.05, 0) is 61.9 Å². The number of ether oxygens (including phenoxy) is 3. The normalized spacial score (nSPS) is 20.8. The van der Waals surface area contributed by atoms with Crippen LogP contribution >= 0.6 is 0 Å². The first kappa shape index (κ1) is 25.5. The molecular formula is C33H35N5O3. The molecule has 0 spiro atoms. The summed E-state index contributed by atoms with van der Waals surface area (Å²) in [6.45, 7) is 4.36. The van der Waals surface area contributed by atoms with Gasteiger partial charge < -0.3 is 29.2 Å². The fourth-order valence-corrected chi connectivity index (χ4v) is 6.95. The summed E-state index contributed by atoms with van der Waals surface area (Å²) in [5.74, 6) is 3.32. The molecule has 41 heavy (non-hydrogen) atoms. The monoisotopic (exact) mass is 549 g/mol. The molecule has 5 aromatic rings. The lowest BCUT2D eigenvalue weighted by Gasteiger charge is -2.70. The zero-order chi connectivity index (χ0) is 28.0. The van der Waals surface area contributed by atoms with Gasteiger partial charge in [-0.1, -0.05) is 12.1 Å². The Hall–Kier alpha value is -4.46. The second-order valence-corrected chi connectivity index (χ2v) is 11.8. The SMILES string of the molecule is COc1ccc(CNc2nccc3c(NCC45CC(COc6ccn7cc(C)nc7c6)(C4)C5)cccc23)c(OC)c1. The van der Waals surface area contributed by atoms with E-state index in [1.54, 1.807) is 14.2 Å². The first-order valence-electron chi connectivity index (χ1n) is 14.1. The third-order valence-electron chi connectivity index (χ3n) is 8.75. The van der Waals surface area contributed by atoms with Crippen molar-refractivity contribution in [2.75, 3.05) is 38.0 Å². The summed E-state index contributed by atoms with van der Waals surface area (Å²) in [5.41, 5.74) is 4.83. The predicted molar refractivity (Wildman–Crippen MR) is 161 cm³/mol. The fraction of sp³-hybridized carbons (Fsp3) is 0.333. The van der Waals surface area contributed by atoms with Gasteiger partial charge in [0.2, 0.25) is 0 Å². The molecule has 3 fully saturated rings. The third kappa shape index (κ3) is 4.67. The number of hydrogen-bond acceptors (Lipinski definition) is 7. The molecule has 8 heteroatoms. The molecule has 3 aliphatic rings. The van der Waals surface area contributed by atoms with Crippen LogP contribution in [0.4, 0.5) is 11.5 Å². The van der Waals surface area contributed by atoms with Crippen molar-refractivity contribution in [3.63, 3.8) is 0 Å². The molecule has 3 saturated carbocycles. The molecule has 2 aromatic carbocycles. The molecule has 210 valence electrons. The molecule has 0 saturated heterocycles. The summed E-state index contributed by atoms with van der Waals surface area (Å²) in [4.78, 5) is 9.19. The first-order valence-corrected chi connectivity index (χ1v) is 14.1. The van der Waals surface area contributed by atoms with Crippen molar-refractivity contribution in [3.8, 4) is 17.2 Å². The number of rotatable bonds is 11. The number of nitrogens with zero attached hydrogens (tertiary/aromatic N) is 3. The molecule has 0 radical (unpaired) electrons. The van der Waals surface area contributed by atoms with Crippen LogP contribution in [-0.4, -0.2) is 41.7 Å². The van der Waals surface area contributed by atoms with Crippen LogP contribution in [0.3, 0.4) is 0 Å². The molecule has 0 atom stereocenters. The van der Waals surface area contributed by atoms with Gasteiger partial charge >= 0.3 is 0 Å². The summed E-state index contributed by atoms with van der Waals surface area (Å²) >= 11 is 0. The zero-order valence-corrected chi connectivity index (χ0v) is 23.7. The lowest BCUT2D eigenvalue weighted by Crippen LogP contribution is -2.66. The Kier molecular flexibility index (Phi) is 6.14.